The molecule has 7 heteroatoms. The average Bonchev–Trinajstić information content (AvgIpc) is 3.02. The zero-order valence-corrected chi connectivity index (χ0v) is 12.3. The molecule has 1 heterocycles. The van der Waals surface area contributed by atoms with E-state index in [1.165, 1.54) is 17.6 Å². The number of carbonyl (C=O) groups is 2. The van der Waals surface area contributed by atoms with Gasteiger partial charge < -0.3 is 5.32 Å². The highest BCUT2D eigenvalue weighted by Gasteiger charge is 2.12. The Labute approximate surface area is 131 Å². The van der Waals surface area contributed by atoms with Crippen LogP contribution in [-0.4, -0.2) is 18.0 Å². The molecule has 0 saturated carbocycles. The van der Waals surface area contributed by atoms with E-state index >= 15 is 0 Å². The number of hydrogen-bond acceptors (Lipinski definition) is 5. The Morgan fingerprint density at radius 3 is 2.64 bits per heavy atom. The van der Waals surface area contributed by atoms with Crippen LogP contribution in [0.5, 0.6) is 0 Å². The maximum absolute atomic E-state index is 11.7. The summed E-state index contributed by atoms with van der Waals surface area (Å²) in [5.41, 5.74) is 3.47. The van der Waals surface area contributed by atoms with Gasteiger partial charge >= 0.3 is 11.8 Å². The van der Waals surface area contributed by atoms with Crippen molar-refractivity contribution >= 4 is 35.1 Å². The van der Waals surface area contributed by atoms with Gasteiger partial charge in [0.05, 0.1) is 18.7 Å². The lowest BCUT2D eigenvalue weighted by Gasteiger charge is -2.04. The Morgan fingerprint density at radius 1 is 1.23 bits per heavy atom. The first-order valence-electron chi connectivity index (χ1n) is 6.33. The van der Waals surface area contributed by atoms with Gasteiger partial charge in [-0.2, -0.15) is 10.4 Å². The molecule has 110 valence electrons. The van der Waals surface area contributed by atoms with E-state index in [4.69, 9.17) is 5.26 Å². The van der Waals surface area contributed by atoms with Crippen molar-refractivity contribution in [2.75, 3.05) is 5.32 Å². The summed E-state index contributed by atoms with van der Waals surface area (Å²) in [4.78, 5) is 24.1. The largest absolute Gasteiger partial charge is 0.329 e. The highest BCUT2D eigenvalue weighted by atomic mass is 32.1. The van der Waals surface area contributed by atoms with Gasteiger partial charge in [-0.3, -0.25) is 9.59 Å². The van der Waals surface area contributed by atoms with Gasteiger partial charge in [-0.1, -0.05) is 18.2 Å². The smallest absolute Gasteiger partial charge is 0.318 e. The normalized spacial score (nSPS) is 10.1. The van der Waals surface area contributed by atoms with Crippen molar-refractivity contribution in [2.24, 2.45) is 5.10 Å². The van der Waals surface area contributed by atoms with E-state index in [1.54, 1.807) is 24.3 Å². The van der Waals surface area contributed by atoms with Gasteiger partial charge in [-0.05, 0) is 29.1 Å². The van der Waals surface area contributed by atoms with E-state index in [9.17, 15) is 9.59 Å². The van der Waals surface area contributed by atoms with Gasteiger partial charge in [0, 0.05) is 10.6 Å². The SMILES string of the molecule is N#CCc1ccc(NC(=O)C(=O)N/N=C\c2cccs2)cc1. The second-order valence-electron chi connectivity index (χ2n) is 4.20. The van der Waals surface area contributed by atoms with Gasteiger partial charge in [-0.25, -0.2) is 5.43 Å². The number of carbonyl (C=O) groups excluding carboxylic acids is 2. The molecule has 22 heavy (non-hydrogen) atoms. The number of thiophene rings is 1. The summed E-state index contributed by atoms with van der Waals surface area (Å²) in [6.45, 7) is 0. The monoisotopic (exact) mass is 312 g/mol. The van der Waals surface area contributed by atoms with Crippen LogP contribution in [0.1, 0.15) is 10.4 Å². The number of nitrogens with zero attached hydrogens (tertiary/aromatic N) is 2. The van der Waals surface area contributed by atoms with Crippen LogP contribution in [0.3, 0.4) is 0 Å². The summed E-state index contributed by atoms with van der Waals surface area (Å²) < 4.78 is 0. The number of benzene rings is 1. The number of nitrogens with one attached hydrogen (secondary N) is 2. The lowest BCUT2D eigenvalue weighted by atomic mass is 10.1. The van der Waals surface area contributed by atoms with Crippen molar-refractivity contribution in [1.82, 2.24) is 5.43 Å². The van der Waals surface area contributed by atoms with Crippen molar-refractivity contribution in [2.45, 2.75) is 6.42 Å². The van der Waals surface area contributed by atoms with Gasteiger partial charge in [0.25, 0.3) is 0 Å². The summed E-state index contributed by atoms with van der Waals surface area (Å²) in [5, 5.41) is 16.6. The first kappa shape index (κ1) is 15.4. The lowest BCUT2D eigenvalue weighted by molar-refractivity contribution is -0.136. The molecule has 0 radical (unpaired) electrons. The predicted octanol–water partition coefficient (Wildman–Crippen LogP) is 1.90. The summed E-state index contributed by atoms with van der Waals surface area (Å²) >= 11 is 1.47. The average molecular weight is 312 g/mol. The van der Waals surface area contributed by atoms with Gasteiger partial charge in [-0.15, -0.1) is 11.3 Å². The predicted molar refractivity (Wildman–Crippen MR) is 84.4 cm³/mol. The van der Waals surface area contributed by atoms with Crippen molar-refractivity contribution in [3.63, 3.8) is 0 Å². The minimum absolute atomic E-state index is 0.298. The summed E-state index contributed by atoms with van der Waals surface area (Å²) in [5.74, 6) is -1.66. The third kappa shape index (κ3) is 4.54. The maximum Gasteiger partial charge on any atom is 0.329 e. The van der Waals surface area contributed by atoms with E-state index in [-0.39, 0.29) is 0 Å². The zero-order valence-electron chi connectivity index (χ0n) is 11.4. The van der Waals surface area contributed by atoms with Crippen LogP contribution in [0.2, 0.25) is 0 Å². The van der Waals surface area contributed by atoms with Crippen LogP contribution in [-0.2, 0) is 16.0 Å². The standard InChI is InChI=1S/C15H12N4O2S/c16-8-7-11-3-5-12(6-4-11)18-14(20)15(21)19-17-10-13-2-1-9-22-13/h1-6,9-10H,7H2,(H,18,20)(H,19,21)/b17-10-. The molecule has 6 nitrogen and oxygen atoms in total. The Bertz CT molecular complexity index is 715. The van der Waals surface area contributed by atoms with Crippen LogP contribution >= 0.6 is 11.3 Å². The number of hydrogen-bond donors (Lipinski definition) is 2. The van der Waals surface area contributed by atoms with Crippen LogP contribution in [0.25, 0.3) is 0 Å². The van der Waals surface area contributed by atoms with E-state index < -0.39 is 11.8 Å². The number of anilines is 1. The Hall–Kier alpha value is -2.98. The summed E-state index contributed by atoms with van der Waals surface area (Å²) in [6, 6.07) is 12.4. The van der Waals surface area contributed by atoms with Crippen LogP contribution in [0.4, 0.5) is 5.69 Å². The van der Waals surface area contributed by atoms with E-state index in [0.717, 1.165) is 10.4 Å². The van der Waals surface area contributed by atoms with Gasteiger partial charge in [0.15, 0.2) is 0 Å². The van der Waals surface area contributed by atoms with Crippen molar-refractivity contribution in [3.8, 4) is 6.07 Å². The number of hydrazone groups is 1. The van der Waals surface area contributed by atoms with Crippen LogP contribution in [0.15, 0.2) is 46.9 Å². The fraction of sp³-hybridized carbons (Fsp3) is 0.0667. The molecule has 0 aliphatic rings. The maximum atomic E-state index is 11.7. The fourth-order valence-corrected chi connectivity index (χ4v) is 2.14. The second kappa shape index (κ2) is 7.71. The quantitative estimate of drug-likeness (QED) is 0.513. The molecule has 1 aromatic heterocycles. The van der Waals surface area contributed by atoms with Crippen molar-refractivity contribution in [3.05, 3.63) is 52.2 Å². The first-order valence-corrected chi connectivity index (χ1v) is 7.21. The zero-order chi connectivity index (χ0) is 15.8. The molecule has 0 aliphatic heterocycles. The second-order valence-corrected chi connectivity index (χ2v) is 5.18. The van der Waals surface area contributed by atoms with Gasteiger partial charge in [0.2, 0.25) is 0 Å². The molecular weight excluding hydrogens is 300 g/mol. The third-order valence-electron chi connectivity index (χ3n) is 2.60. The Balaban J connectivity index is 1.85. The lowest BCUT2D eigenvalue weighted by Crippen LogP contribution is -2.32. The van der Waals surface area contributed by atoms with E-state index in [2.05, 4.69) is 15.8 Å². The Morgan fingerprint density at radius 2 is 2.00 bits per heavy atom. The first-order chi connectivity index (χ1) is 10.7. The number of rotatable bonds is 4. The highest BCUT2D eigenvalue weighted by Crippen LogP contribution is 2.09. The molecule has 1 aromatic carbocycles. The van der Waals surface area contributed by atoms with Crippen molar-refractivity contribution in [1.29, 1.82) is 5.26 Å². The molecule has 0 unspecified atom stereocenters. The van der Waals surface area contributed by atoms with Crippen LogP contribution in [0, 0.1) is 11.3 Å². The highest BCUT2D eigenvalue weighted by molar-refractivity contribution is 7.11. The molecule has 2 amide bonds. The van der Waals surface area contributed by atoms with E-state index in [1.807, 2.05) is 23.6 Å². The summed E-state index contributed by atoms with van der Waals surface area (Å²) in [7, 11) is 0. The number of nitriles is 1. The minimum Gasteiger partial charge on any atom is -0.318 e. The molecule has 2 aromatic rings. The van der Waals surface area contributed by atoms with Crippen LogP contribution < -0.4 is 10.7 Å². The van der Waals surface area contributed by atoms with Crippen molar-refractivity contribution < 1.29 is 9.59 Å². The molecular formula is C15H12N4O2S. The molecule has 0 bridgehead atoms. The third-order valence-corrected chi connectivity index (χ3v) is 3.41. The molecule has 0 saturated heterocycles. The Kier molecular flexibility index (Phi) is 5.40. The summed E-state index contributed by atoms with van der Waals surface area (Å²) in [6.07, 6.45) is 1.76. The molecule has 0 spiro atoms. The molecule has 2 N–H and O–H groups in total. The number of amides is 2. The molecule has 0 atom stereocenters. The van der Waals surface area contributed by atoms with Gasteiger partial charge in [0.1, 0.15) is 0 Å². The van der Waals surface area contributed by atoms with E-state index in [0.29, 0.717) is 12.1 Å². The topological polar surface area (TPSA) is 94.4 Å². The molecule has 0 aliphatic carbocycles. The minimum atomic E-state index is -0.853. The fourth-order valence-electron chi connectivity index (χ4n) is 1.56. The molecule has 2 rings (SSSR count). The molecule has 0 fully saturated rings.